The monoisotopic (exact) mass is 208 g/mol. The number of anilines is 1. The van der Waals surface area contributed by atoms with Gasteiger partial charge in [0.15, 0.2) is 0 Å². The van der Waals surface area contributed by atoms with Gasteiger partial charge in [-0.1, -0.05) is 6.42 Å². The van der Waals surface area contributed by atoms with Crippen molar-refractivity contribution in [1.82, 2.24) is 4.98 Å². The maximum absolute atomic E-state index is 4.09. The molecule has 2 rings (SSSR count). The molecular formula is C11H16N2S. The van der Waals surface area contributed by atoms with Crippen molar-refractivity contribution in [3.63, 3.8) is 0 Å². The fraction of sp³-hybridized carbons (Fsp3) is 0.545. The maximum atomic E-state index is 4.09. The Kier molecular flexibility index (Phi) is 2.96. The normalized spacial score (nSPS) is 18.6. The first-order valence-electron chi connectivity index (χ1n) is 5.04. The van der Waals surface area contributed by atoms with Crippen LogP contribution < -0.4 is 5.32 Å². The van der Waals surface area contributed by atoms with Crippen molar-refractivity contribution in [2.24, 2.45) is 0 Å². The van der Waals surface area contributed by atoms with Crippen LogP contribution in [0, 0.1) is 0 Å². The summed E-state index contributed by atoms with van der Waals surface area (Å²) in [6, 6.07) is 4.04. The third kappa shape index (κ3) is 2.03. The zero-order chi connectivity index (χ0) is 9.86. The van der Waals surface area contributed by atoms with Crippen LogP contribution in [0.5, 0.6) is 0 Å². The molecular weight excluding hydrogens is 192 g/mol. The van der Waals surface area contributed by atoms with Gasteiger partial charge in [0.2, 0.25) is 0 Å². The lowest BCUT2D eigenvalue weighted by Crippen LogP contribution is -2.40. The zero-order valence-corrected chi connectivity index (χ0v) is 9.31. The number of nitrogens with one attached hydrogen (secondary N) is 1. The number of rotatable bonds is 4. The second kappa shape index (κ2) is 4.22. The molecule has 0 radical (unpaired) electrons. The number of thioether (sulfide) groups is 1. The molecule has 3 heteroatoms. The van der Waals surface area contributed by atoms with E-state index in [0.29, 0.717) is 4.75 Å². The lowest BCUT2D eigenvalue weighted by atomic mass is 9.84. The van der Waals surface area contributed by atoms with E-state index in [1.54, 1.807) is 6.20 Å². The first-order valence-corrected chi connectivity index (χ1v) is 6.26. The number of hydrogen-bond acceptors (Lipinski definition) is 3. The van der Waals surface area contributed by atoms with Crippen LogP contribution in [0.2, 0.25) is 0 Å². The largest absolute Gasteiger partial charge is 0.382 e. The van der Waals surface area contributed by atoms with Gasteiger partial charge in [-0.15, -0.1) is 0 Å². The number of aromatic nitrogens is 1. The number of hydrogen-bond donors (Lipinski definition) is 1. The fourth-order valence-corrected chi connectivity index (χ4v) is 2.67. The summed E-state index contributed by atoms with van der Waals surface area (Å²) >= 11 is 2.00. The molecule has 1 heterocycles. The van der Waals surface area contributed by atoms with Gasteiger partial charge in [0, 0.05) is 23.7 Å². The van der Waals surface area contributed by atoms with Crippen LogP contribution in [0.15, 0.2) is 24.5 Å². The highest BCUT2D eigenvalue weighted by Crippen LogP contribution is 2.42. The van der Waals surface area contributed by atoms with Crippen LogP contribution >= 0.6 is 11.8 Å². The molecule has 1 saturated carbocycles. The Morgan fingerprint density at radius 2 is 2.43 bits per heavy atom. The molecule has 1 aromatic rings. The van der Waals surface area contributed by atoms with Crippen LogP contribution in [-0.2, 0) is 0 Å². The van der Waals surface area contributed by atoms with Gasteiger partial charge in [0.05, 0.1) is 5.69 Å². The van der Waals surface area contributed by atoms with Crippen LogP contribution in [0.1, 0.15) is 19.3 Å². The average molecular weight is 208 g/mol. The Hall–Kier alpha value is -0.700. The Bertz CT molecular complexity index is 277. The van der Waals surface area contributed by atoms with Crippen molar-refractivity contribution < 1.29 is 0 Å². The molecule has 0 aromatic carbocycles. The molecule has 1 fully saturated rings. The molecule has 1 aliphatic rings. The number of pyridine rings is 1. The van der Waals surface area contributed by atoms with Gasteiger partial charge in [0.25, 0.3) is 0 Å². The van der Waals surface area contributed by atoms with Gasteiger partial charge in [-0.2, -0.15) is 11.8 Å². The minimum atomic E-state index is 0.496. The van der Waals surface area contributed by atoms with Crippen LogP contribution in [-0.4, -0.2) is 22.5 Å². The van der Waals surface area contributed by atoms with E-state index in [0.717, 1.165) is 12.2 Å². The summed E-state index contributed by atoms with van der Waals surface area (Å²) in [5, 5.41) is 3.46. The predicted octanol–water partition coefficient (Wildman–Crippen LogP) is 2.78. The Morgan fingerprint density at radius 3 is 2.93 bits per heavy atom. The van der Waals surface area contributed by atoms with E-state index in [2.05, 4.69) is 22.6 Å². The Balaban J connectivity index is 1.88. The summed E-state index contributed by atoms with van der Waals surface area (Å²) in [6.07, 6.45) is 9.98. The molecule has 76 valence electrons. The third-order valence-electron chi connectivity index (χ3n) is 2.97. The molecule has 0 bridgehead atoms. The first kappa shape index (κ1) is 9.84. The van der Waals surface area contributed by atoms with Gasteiger partial charge in [-0.3, -0.25) is 4.98 Å². The zero-order valence-electron chi connectivity index (χ0n) is 8.49. The summed E-state index contributed by atoms with van der Waals surface area (Å²) in [5.74, 6) is 0. The van der Waals surface area contributed by atoms with Crippen molar-refractivity contribution in [1.29, 1.82) is 0 Å². The molecule has 14 heavy (non-hydrogen) atoms. The molecule has 2 nitrogen and oxygen atoms in total. The smallest absolute Gasteiger partial charge is 0.0527 e. The van der Waals surface area contributed by atoms with Crippen molar-refractivity contribution in [2.75, 3.05) is 18.1 Å². The first-order chi connectivity index (χ1) is 6.85. The standard InChI is InChI=1S/C11H16N2S/c1-14-11(5-3-6-11)9-13-10-4-2-7-12-8-10/h2,4,7-8,13H,3,5-6,9H2,1H3. The molecule has 0 amide bonds. The molecule has 1 aliphatic carbocycles. The van der Waals surface area contributed by atoms with Crippen LogP contribution in [0.3, 0.4) is 0 Å². The maximum Gasteiger partial charge on any atom is 0.0527 e. The summed E-state index contributed by atoms with van der Waals surface area (Å²) in [4.78, 5) is 4.09. The Morgan fingerprint density at radius 1 is 1.57 bits per heavy atom. The van der Waals surface area contributed by atoms with Gasteiger partial charge >= 0.3 is 0 Å². The van der Waals surface area contributed by atoms with E-state index >= 15 is 0 Å². The van der Waals surface area contributed by atoms with E-state index in [9.17, 15) is 0 Å². The summed E-state index contributed by atoms with van der Waals surface area (Å²) < 4.78 is 0.496. The molecule has 0 spiro atoms. The molecule has 0 atom stereocenters. The highest BCUT2D eigenvalue weighted by atomic mass is 32.2. The molecule has 1 N–H and O–H groups in total. The van der Waals surface area contributed by atoms with E-state index in [-0.39, 0.29) is 0 Å². The van der Waals surface area contributed by atoms with E-state index < -0.39 is 0 Å². The minimum Gasteiger partial charge on any atom is -0.382 e. The van der Waals surface area contributed by atoms with E-state index in [1.165, 1.54) is 19.3 Å². The van der Waals surface area contributed by atoms with Gasteiger partial charge in [-0.25, -0.2) is 0 Å². The second-order valence-electron chi connectivity index (χ2n) is 3.84. The van der Waals surface area contributed by atoms with E-state index in [1.807, 2.05) is 24.0 Å². The molecule has 1 aromatic heterocycles. The topological polar surface area (TPSA) is 24.9 Å². The second-order valence-corrected chi connectivity index (χ2v) is 5.11. The third-order valence-corrected chi connectivity index (χ3v) is 4.39. The Labute approximate surface area is 89.5 Å². The predicted molar refractivity (Wildman–Crippen MR) is 62.8 cm³/mol. The average Bonchev–Trinajstić information content (AvgIpc) is 2.19. The van der Waals surface area contributed by atoms with Crippen molar-refractivity contribution in [2.45, 2.75) is 24.0 Å². The van der Waals surface area contributed by atoms with Gasteiger partial charge in [0.1, 0.15) is 0 Å². The number of nitrogens with zero attached hydrogens (tertiary/aromatic N) is 1. The lowest BCUT2D eigenvalue weighted by Gasteiger charge is -2.40. The molecule has 0 unspecified atom stereocenters. The SMILES string of the molecule is CSC1(CNc2cccnc2)CCC1. The lowest BCUT2D eigenvalue weighted by molar-refractivity contribution is 0.380. The quantitative estimate of drug-likeness (QED) is 0.823. The molecule has 0 aliphatic heterocycles. The fourth-order valence-electron chi connectivity index (χ4n) is 1.75. The van der Waals surface area contributed by atoms with Crippen molar-refractivity contribution in [3.8, 4) is 0 Å². The summed E-state index contributed by atoms with van der Waals surface area (Å²) in [6.45, 7) is 1.07. The minimum absolute atomic E-state index is 0.496. The highest BCUT2D eigenvalue weighted by Gasteiger charge is 2.35. The van der Waals surface area contributed by atoms with Gasteiger partial charge < -0.3 is 5.32 Å². The van der Waals surface area contributed by atoms with Gasteiger partial charge in [-0.05, 0) is 31.2 Å². The van der Waals surface area contributed by atoms with Crippen LogP contribution in [0.25, 0.3) is 0 Å². The van der Waals surface area contributed by atoms with Crippen LogP contribution in [0.4, 0.5) is 5.69 Å². The van der Waals surface area contributed by atoms with Crippen molar-refractivity contribution >= 4 is 17.4 Å². The highest BCUT2D eigenvalue weighted by molar-refractivity contribution is 8.00. The summed E-state index contributed by atoms with van der Waals surface area (Å²) in [5.41, 5.74) is 1.13. The van der Waals surface area contributed by atoms with E-state index in [4.69, 9.17) is 0 Å². The summed E-state index contributed by atoms with van der Waals surface area (Å²) in [7, 11) is 0. The molecule has 0 saturated heterocycles. The van der Waals surface area contributed by atoms with Crippen molar-refractivity contribution in [3.05, 3.63) is 24.5 Å².